The number of halogens is 1. The van der Waals surface area contributed by atoms with Crippen LogP contribution in [0.1, 0.15) is 16.7 Å². The van der Waals surface area contributed by atoms with Gasteiger partial charge in [0.25, 0.3) is 0 Å². The molecule has 2 nitrogen and oxygen atoms in total. The fourth-order valence-electron chi connectivity index (χ4n) is 2.25. The summed E-state index contributed by atoms with van der Waals surface area (Å²) in [6.07, 6.45) is 0. The Morgan fingerprint density at radius 3 is 2.26 bits per heavy atom. The molecule has 0 saturated carbocycles. The minimum atomic E-state index is 0.810. The summed E-state index contributed by atoms with van der Waals surface area (Å²) in [5.41, 5.74) is 12.7. The molecule has 0 bridgehead atoms. The third-order valence-electron chi connectivity index (χ3n) is 3.41. The zero-order chi connectivity index (χ0) is 14.2. The van der Waals surface area contributed by atoms with Gasteiger partial charge in [0.05, 0.1) is 5.69 Å². The van der Waals surface area contributed by atoms with E-state index in [1.54, 1.807) is 0 Å². The van der Waals surface area contributed by atoms with Gasteiger partial charge in [0.15, 0.2) is 0 Å². The second-order valence-electron chi connectivity index (χ2n) is 5.01. The molecule has 0 heterocycles. The Balaban J connectivity index is 2.49. The van der Waals surface area contributed by atoms with E-state index in [4.69, 9.17) is 5.73 Å². The largest absolute Gasteiger partial charge is 0.398 e. The standard InChI is InChI=1S/C16H19BrN2/c1-10-5-6-15(12(3)7-10)19(4)16-8-11(2)14(18)9-13(16)17/h5-9H,18H2,1-4H3. The quantitative estimate of drug-likeness (QED) is 0.811. The van der Waals surface area contributed by atoms with Crippen LogP contribution in [0.5, 0.6) is 0 Å². The summed E-state index contributed by atoms with van der Waals surface area (Å²) < 4.78 is 1.01. The van der Waals surface area contributed by atoms with Crippen molar-refractivity contribution in [3.63, 3.8) is 0 Å². The van der Waals surface area contributed by atoms with Gasteiger partial charge in [0.2, 0.25) is 0 Å². The average Bonchev–Trinajstić information content (AvgIpc) is 2.33. The van der Waals surface area contributed by atoms with Gasteiger partial charge in [-0.2, -0.15) is 0 Å². The summed E-state index contributed by atoms with van der Waals surface area (Å²) in [6.45, 7) is 6.28. The van der Waals surface area contributed by atoms with Gasteiger partial charge in [-0.3, -0.25) is 0 Å². The first-order chi connectivity index (χ1) is 8.90. The molecule has 2 aromatic rings. The van der Waals surface area contributed by atoms with Crippen LogP contribution in [0.25, 0.3) is 0 Å². The number of rotatable bonds is 2. The first-order valence-corrected chi connectivity index (χ1v) is 7.06. The van der Waals surface area contributed by atoms with Gasteiger partial charge in [0, 0.05) is 22.9 Å². The normalized spacial score (nSPS) is 10.6. The monoisotopic (exact) mass is 318 g/mol. The Hall–Kier alpha value is -1.48. The highest BCUT2D eigenvalue weighted by molar-refractivity contribution is 9.10. The molecule has 0 aliphatic rings. The lowest BCUT2D eigenvalue weighted by atomic mass is 10.1. The van der Waals surface area contributed by atoms with Crippen LogP contribution in [0.4, 0.5) is 17.1 Å². The van der Waals surface area contributed by atoms with Gasteiger partial charge in [0.1, 0.15) is 0 Å². The predicted octanol–water partition coefficient (Wildman–Crippen LogP) is 4.72. The van der Waals surface area contributed by atoms with Gasteiger partial charge < -0.3 is 10.6 Å². The van der Waals surface area contributed by atoms with Crippen LogP contribution in [-0.2, 0) is 0 Å². The van der Waals surface area contributed by atoms with Gasteiger partial charge >= 0.3 is 0 Å². The fourth-order valence-corrected chi connectivity index (χ4v) is 2.88. The third kappa shape index (κ3) is 2.76. The van der Waals surface area contributed by atoms with Crippen molar-refractivity contribution in [2.75, 3.05) is 17.7 Å². The highest BCUT2D eigenvalue weighted by Gasteiger charge is 2.11. The van der Waals surface area contributed by atoms with Crippen molar-refractivity contribution < 1.29 is 0 Å². The number of nitrogens with two attached hydrogens (primary N) is 1. The Bertz CT molecular complexity index is 620. The first-order valence-electron chi connectivity index (χ1n) is 6.26. The van der Waals surface area contributed by atoms with Crippen molar-refractivity contribution in [1.29, 1.82) is 0 Å². The molecule has 0 saturated heterocycles. The second-order valence-corrected chi connectivity index (χ2v) is 5.86. The molecule has 0 fully saturated rings. The average molecular weight is 319 g/mol. The van der Waals surface area contributed by atoms with Crippen LogP contribution in [0.2, 0.25) is 0 Å². The number of hydrogen-bond donors (Lipinski definition) is 1. The zero-order valence-electron chi connectivity index (χ0n) is 11.8. The van der Waals surface area contributed by atoms with E-state index in [0.29, 0.717) is 0 Å². The SMILES string of the molecule is Cc1ccc(N(C)c2cc(C)c(N)cc2Br)c(C)c1. The number of aryl methyl sites for hydroxylation is 3. The summed E-state index contributed by atoms with van der Waals surface area (Å²) in [7, 11) is 2.08. The van der Waals surface area contributed by atoms with Crippen molar-refractivity contribution in [1.82, 2.24) is 0 Å². The van der Waals surface area contributed by atoms with Crippen molar-refractivity contribution in [2.24, 2.45) is 0 Å². The number of benzene rings is 2. The first kappa shape index (κ1) is 13.9. The third-order valence-corrected chi connectivity index (χ3v) is 4.05. The predicted molar refractivity (Wildman–Crippen MR) is 87.3 cm³/mol. The topological polar surface area (TPSA) is 29.3 Å². The van der Waals surface area contributed by atoms with Crippen molar-refractivity contribution in [2.45, 2.75) is 20.8 Å². The molecule has 2 aromatic carbocycles. The van der Waals surface area contributed by atoms with Crippen LogP contribution in [0.3, 0.4) is 0 Å². The van der Waals surface area contributed by atoms with Crippen molar-refractivity contribution in [3.8, 4) is 0 Å². The zero-order valence-corrected chi connectivity index (χ0v) is 13.4. The van der Waals surface area contributed by atoms with E-state index in [1.807, 2.05) is 13.0 Å². The Labute approximate surface area is 123 Å². The molecule has 0 spiro atoms. The van der Waals surface area contributed by atoms with E-state index in [-0.39, 0.29) is 0 Å². The van der Waals surface area contributed by atoms with Gasteiger partial charge in [-0.15, -0.1) is 0 Å². The number of hydrogen-bond acceptors (Lipinski definition) is 2. The summed E-state index contributed by atoms with van der Waals surface area (Å²) >= 11 is 3.60. The minimum absolute atomic E-state index is 0.810. The smallest absolute Gasteiger partial charge is 0.0556 e. The van der Waals surface area contributed by atoms with Crippen LogP contribution >= 0.6 is 15.9 Å². The lowest BCUT2D eigenvalue weighted by molar-refractivity contribution is 1.17. The van der Waals surface area contributed by atoms with Crippen LogP contribution in [-0.4, -0.2) is 7.05 Å². The lowest BCUT2D eigenvalue weighted by Gasteiger charge is -2.24. The summed E-state index contributed by atoms with van der Waals surface area (Å²) in [4.78, 5) is 2.19. The molecule has 0 aliphatic carbocycles. The maximum atomic E-state index is 5.93. The lowest BCUT2D eigenvalue weighted by Crippen LogP contribution is -2.12. The molecule has 19 heavy (non-hydrogen) atoms. The van der Waals surface area contributed by atoms with Crippen LogP contribution in [0, 0.1) is 20.8 Å². The van der Waals surface area contributed by atoms with Crippen LogP contribution in [0.15, 0.2) is 34.8 Å². The van der Waals surface area contributed by atoms with E-state index in [9.17, 15) is 0 Å². The molecule has 0 unspecified atom stereocenters. The van der Waals surface area contributed by atoms with Gasteiger partial charge in [-0.25, -0.2) is 0 Å². The highest BCUT2D eigenvalue weighted by atomic mass is 79.9. The molecular weight excluding hydrogens is 300 g/mol. The maximum absolute atomic E-state index is 5.93. The molecule has 0 atom stereocenters. The molecule has 2 N–H and O–H groups in total. The van der Waals surface area contributed by atoms with Gasteiger partial charge in [-0.1, -0.05) is 17.7 Å². The second kappa shape index (κ2) is 5.25. The molecule has 0 aromatic heterocycles. The maximum Gasteiger partial charge on any atom is 0.0556 e. The molecular formula is C16H19BrN2. The van der Waals surface area contributed by atoms with Crippen LogP contribution < -0.4 is 10.6 Å². The van der Waals surface area contributed by atoms with E-state index in [2.05, 4.69) is 66.0 Å². The number of nitrogens with zero attached hydrogens (tertiary/aromatic N) is 1. The van der Waals surface area contributed by atoms with Crippen molar-refractivity contribution >= 4 is 33.0 Å². The minimum Gasteiger partial charge on any atom is -0.398 e. The highest BCUT2D eigenvalue weighted by Crippen LogP contribution is 2.35. The molecule has 100 valence electrons. The summed E-state index contributed by atoms with van der Waals surface area (Å²) in [6, 6.07) is 10.6. The van der Waals surface area contributed by atoms with Crippen molar-refractivity contribution in [3.05, 3.63) is 51.5 Å². The fraction of sp³-hybridized carbons (Fsp3) is 0.250. The van der Waals surface area contributed by atoms with E-state index >= 15 is 0 Å². The molecule has 0 amide bonds. The summed E-state index contributed by atoms with van der Waals surface area (Å²) in [5, 5.41) is 0. The molecule has 0 radical (unpaired) electrons. The van der Waals surface area contributed by atoms with E-state index in [0.717, 1.165) is 21.4 Å². The van der Waals surface area contributed by atoms with Gasteiger partial charge in [-0.05, 0) is 66.0 Å². The molecule has 0 aliphatic heterocycles. The molecule has 2 rings (SSSR count). The summed E-state index contributed by atoms with van der Waals surface area (Å²) in [5.74, 6) is 0. The van der Waals surface area contributed by atoms with E-state index < -0.39 is 0 Å². The Morgan fingerprint density at radius 2 is 1.63 bits per heavy atom. The van der Waals surface area contributed by atoms with E-state index in [1.165, 1.54) is 16.8 Å². The molecule has 3 heteroatoms. The number of nitrogen functional groups attached to an aromatic ring is 1. The Morgan fingerprint density at radius 1 is 0.947 bits per heavy atom. The number of anilines is 3. The Kier molecular flexibility index (Phi) is 3.85.